The standard InChI is InChI=1S/C43H79N3O2/c1-3-5-7-9-11-13-15-17-19-21-23-25-27-29-31-33-38-44-42(47)40-36-35-37-41(46-40)43(48)45-39-34-32-30-28-26-24-22-20-18-16-14-12-10-8-6-4-2/h35-37H,3-34,38-39H2,1-2H3,(H,44,47)(H,45,48). The summed E-state index contributed by atoms with van der Waals surface area (Å²) in [5.74, 6) is -0.383. The van der Waals surface area contributed by atoms with Gasteiger partial charge in [-0.2, -0.15) is 0 Å². The van der Waals surface area contributed by atoms with E-state index in [0.29, 0.717) is 24.5 Å². The molecule has 0 aromatic carbocycles. The molecule has 278 valence electrons. The van der Waals surface area contributed by atoms with Crippen LogP contribution in [0, 0.1) is 0 Å². The van der Waals surface area contributed by atoms with Crippen LogP contribution in [0.4, 0.5) is 0 Å². The third-order valence-corrected chi connectivity index (χ3v) is 9.85. The summed E-state index contributed by atoms with van der Waals surface area (Å²) in [6, 6.07) is 5.13. The van der Waals surface area contributed by atoms with Crippen molar-refractivity contribution in [1.29, 1.82) is 0 Å². The van der Waals surface area contributed by atoms with Gasteiger partial charge >= 0.3 is 0 Å². The van der Waals surface area contributed by atoms with E-state index in [9.17, 15) is 9.59 Å². The number of carbonyl (C=O) groups excluding carboxylic acids is 2. The van der Waals surface area contributed by atoms with Crippen molar-refractivity contribution < 1.29 is 9.59 Å². The van der Waals surface area contributed by atoms with Gasteiger partial charge in [0.1, 0.15) is 11.4 Å². The van der Waals surface area contributed by atoms with Gasteiger partial charge in [0.05, 0.1) is 0 Å². The van der Waals surface area contributed by atoms with Crippen molar-refractivity contribution >= 4 is 11.8 Å². The van der Waals surface area contributed by atoms with Crippen LogP contribution < -0.4 is 10.6 Å². The molecule has 1 rings (SSSR count). The van der Waals surface area contributed by atoms with Crippen molar-refractivity contribution in [3.05, 3.63) is 29.6 Å². The Morgan fingerprint density at radius 1 is 0.396 bits per heavy atom. The summed E-state index contributed by atoms with van der Waals surface area (Å²) >= 11 is 0. The highest BCUT2D eigenvalue weighted by Gasteiger charge is 2.12. The van der Waals surface area contributed by atoms with Gasteiger partial charge in [0.25, 0.3) is 11.8 Å². The van der Waals surface area contributed by atoms with Crippen LogP contribution in [0.2, 0.25) is 0 Å². The number of hydrogen-bond acceptors (Lipinski definition) is 3. The Hall–Kier alpha value is -1.91. The summed E-state index contributed by atoms with van der Waals surface area (Å²) in [5.41, 5.74) is 0.642. The van der Waals surface area contributed by atoms with Crippen LogP contribution in [0.1, 0.15) is 240 Å². The van der Waals surface area contributed by atoms with Crippen molar-refractivity contribution in [1.82, 2.24) is 15.6 Å². The lowest BCUT2D eigenvalue weighted by molar-refractivity contribution is 0.0943. The van der Waals surface area contributed by atoms with Gasteiger partial charge in [0.15, 0.2) is 0 Å². The predicted octanol–water partition coefficient (Wildman–Crippen LogP) is 13.1. The van der Waals surface area contributed by atoms with Crippen LogP contribution in [0.15, 0.2) is 18.2 Å². The number of rotatable bonds is 36. The first-order valence-electron chi connectivity index (χ1n) is 21.2. The normalized spacial score (nSPS) is 11.2. The number of nitrogens with zero attached hydrogens (tertiary/aromatic N) is 1. The van der Waals surface area contributed by atoms with Gasteiger partial charge in [-0.3, -0.25) is 9.59 Å². The summed E-state index contributed by atoms with van der Waals surface area (Å²) in [6.45, 7) is 5.89. The third kappa shape index (κ3) is 28.0. The first-order valence-corrected chi connectivity index (χ1v) is 21.2. The van der Waals surface area contributed by atoms with Crippen molar-refractivity contribution in [3.63, 3.8) is 0 Å². The molecule has 1 aromatic rings. The zero-order chi connectivity index (χ0) is 34.6. The molecule has 0 radical (unpaired) electrons. The third-order valence-electron chi connectivity index (χ3n) is 9.85. The van der Waals surface area contributed by atoms with Crippen LogP contribution in [0.5, 0.6) is 0 Å². The number of aromatic nitrogens is 1. The van der Waals surface area contributed by atoms with E-state index in [-0.39, 0.29) is 11.8 Å². The topological polar surface area (TPSA) is 71.1 Å². The quantitative estimate of drug-likeness (QED) is 0.0698. The Labute approximate surface area is 298 Å². The SMILES string of the molecule is CCCCCCCCCCCCCCCCCCNC(=O)c1cccc(C(=O)NCCCCCCCCCCCCCCCCCC)n1. The number of pyridine rings is 1. The molecule has 0 aliphatic heterocycles. The molecule has 48 heavy (non-hydrogen) atoms. The van der Waals surface area contributed by atoms with E-state index in [2.05, 4.69) is 29.5 Å². The lowest BCUT2D eigenvalue weighted by Crippen LogP contribution is -2.28. The van der Waals surface area contributed by atoms with Gasteiger partial charge in [-0.15, -0.1) is 0 Å². The smallest absolute Gasteiger partial charge is 0.269 e. The molecule has 2 amide bonds. The van der Waals surface area contributed by atoms with Crippen LogP contribution in [-0.2, 0) is 0 Å². The molecule has 1 heterocycles. The lowest BCUT2D eigenvalue weighted by atomic mass is 10.0. The van der Waals surface area contributed by atoms with Gasteiger partial charge in [0, 0.05) is 13.1 Å². The zero-order valence-electron chi connectivity index (χ0n) is 32.0. The fraction of sp³-hybridized carbons (Fsp3) is 0.837. The number of unbranched alkanes of at least 4 members (excludes halogenated alkanes) is 30. The van der Waals surface area contributed by atoms with Crippen molar-refractivity contribution in [2.75, 3.05) is 13.1 Å². The van der Waals surface area contributed by atoms with Gasteiger partial charge < -0.3 is 10.6 Å². The van der Waals surface area contributed by atoms with E-state index in [0.717, 1.165) is 25.7 Å². The second kappa shape index (κ2) is 34.9. The number of hydrogen-bond donors (Lipinski definition) is 2. The predicted molar refractivity (Wildman–Crippen MR) is 208 cm³/mol. The maximum absolute atomic E-state index is 12.6. The maximum atomic E-state index is 12.6. The minimum absolute atomic E-state index is 0.191. The summed E-state index contributed by atoms with van der Waals surface area (Å²) < 4.78 is 0. The van der Waals surface area contributed by atoms with Gasteiger partial charge in [0.2, 0.25) is 0 Å². The molecule has 1 aromatic heterocycles. The molecule has 2 N–H and O–H groups in total. The Morgan fingerprint density at radius 3 is 0.875 bits per heavy atom. The molecular formula is C43H79N3O2. The minimum Gasteiger partial charge on any atom is -0.351 e. The molecule has 5 heteroatoms. The molecule has 0 aliphatic rings. The van der Waals surface area contributed by atoms with Gasteiger partial charge in [-0.1, -0.05) is 213 Å². The first-order chi connectivity index (χ1) is 23.7. The number of amides is 2. The highest BCUT2D eigenvalue weighted by Crippen LogP contribution is 2.15. The summed E-state index contributed by atoms with van der Waals surface area (Å²) in [6.07, 6.45) is 42.9. The van der Waals surface area contributed by atoms with Crippen LogP contribution in [0.25, 0.3) is 0 Å². The Kier molecular flexibility index (Phi) is 32.1. The highest BCUT2D eigenvalue weighted by atomic mass is 16.2. The zero-order valence-corrected chi connectivity index (χ0v) is 32.0. The monoisotopic (exact) mass is 670 g/mol. The Balaban J connectivity index is 1.95. The molecule has 0 spiro atoms. The van der Waals surface area contributed by atoms with Crippen molar-refractivity contribution in [3.8, 4) is 0 Å². The molecule has 0 saturated carbocycles. The molecule has 0 unspecified atom stereocenters. The Bertz CT molecular complexity index is 793. The molecule has 0 atom stereocenters. The van der Waals surface area contributed by atoms with E-state index >= 15 is 0 Å². The number of carbonyl (C=O) groups is 2. The maximum Gasteiger partial charge on any atom is 0.269 e. The van der Waals surface area contributed by atoms with E-state index in [1.54, 1.807) is 18.2 Å². The van der Waals surface area contributed by atoms with Crippen molar-refractivity contribution in [2.45, 2.75) is 219 Å². The number of nitrogens with one attached hydrogen (secondary N) is 2. The van der Waals surface area contributed by atoms with Crippen LogP contribution in [-0.4, -0.2) is 29.9 Å². The Morgan fingerprint density at radius 2 is 0.625 bits per heavy atom. The first kappa shape index (κ1) is 44.1. The fourth-order valence-corrected chi connectivity index (χ4v) is 6.62. The molecular weight excluding hydrogens is 590 g/mol. The van der Waals surface area contributed by atoms with Crippen LogP contribution in [0.3, 0.4) is 0 Å². The second-order valence-electron chi connectivity index (χ2n) is 14.5. The summed E-state index contributed by atoms with van der Waals surface area (Å²) in [5, 5.41) is 5.97. The van der Waals surface area contributed by atoms with E-state index < -0.39 is 0 Å². The average molecular weight is 670 g/mol. The molecule has 0 fully saturated rings. The molecule has 0 bridgehead atoms. The molecule has 0 saturated heterocycles. The van der Waals surface area contributed by atoms with Crippen LogP contribution >= 0.6 is 0 Å². The summed E-state index contributed by atoms with van der Waals surface area (Å²) in [7, 11) is 0. The van der Waals surface area contributed by atoms with E-state index in [1.165, 1.54) is 180 Å². The lowest BCUT2D eigenvalue weighted by Gasteiger charge is -2.08. The largest absolute Gasteiger partial charge is 0.351 e. The van der Waals surface area contributed by atoms with Gasteiger partial charge in [-0.25, -0.2) is 4.98 Å². The minimum atomic E-state index is -0.191. The fourth-order valence-electron chi connectivity index (χ4n) is 6.62. The van der Waals surface area contributed by atoms with E-state index in [4.69, 9.17) is 0 Å². The van der Waals surface area contributed by atoms with Crippen molar-refractivity contribution in [2.24, 2.45) is 0 Å². The average Bonchev–Trinajstić information content (AvgIpc) is 3.10. The van der Waals surface area contributed by atoms with Gasteiger partial charge in [-0.05, 0) is 25.0 Å². The molecule has 0 aliphatic carbocycles. The molecule has 5 nitrogen and oxygen atoms in total. The highest BCUT2D eigenvalue weighted by molar-refractivity contribution is 5.96. The van der Waals surface area contributed by atoms with E-state index in [1.807, 2.05) is 0 Å². The second-order valence-corrected chi connectivity index (χ2v) is 14.5. The summed E-state index contributed by atoms with van der Waals surface area (Å²) in [4.78, 5) is 29.5.